The van der Waals surface area contributed by atoms with E-state index in [0.29, 0.717) is 217 Å². The summed E-state index contributed by atoms with van der Waals surface area (Å²) in [5.74, 6) is 1.16. The van der Waals surface area contributed by atoms with Gasteiger partial charge in [-0.2, -0.15) is 11.8 Å². The molecular formula is C59H92ClN5O16S. The summed E-state index contributed by atoms with van der Waals surface area (Å²) in [5.41, 5.74) is 1.85. The summed E-state index contributed by atoms with van der Waals surface area (Å²) in [4.78, 5) is 65.4. The van der Waals surface area contributed by atoms with Gasteiger partial charge in [0.1, 0.15) is 6.04 Å². The van der Waals surface area contributed by atoms with Crippen molar-refractivity contribution in [3.8, 4) is 0 Å². The van der Waals surface area contributed by atoms with Crippen molar-refractivity contribution in [1.82, 2.24) is 26.2 Å². The van der Waals surface area contributed by atoms with Crippen molar-refractivity contribution in [1.29, 1.82) is 0 Å². The first kappa shape index (κ1) is 68.8. The molecule has 5 rings (SSSR count). The second kappa shape index (κ2) is 42.7. The lowest BCUT2D eigenvalue weighted by Gasteiger charge is -2.35. The predicted molar refractivity (Wildman–Crippen MR) is 312 cm³/mol. The van der Waals surface area contributed by atoms with Gasteiger partial charge >= 0.3 is 0 Å². The van der Waals surface area contributed by atoms with Crippen LogP contribution in [0.5, 0.6) is 0 Å². The Hall–Kier alpha value is -4.01. The van der Waals surface area contributed by atoms with Crippen molar-refractivity contribution in [2.45, 2.75) is 82.0 Å². The van der Waals surface area contributed by atoms with E-state index >= 15 is 0 Å². The number of hydrogen-bond donors (Lipinski definition) is 4. The number of piperidine rings is 1. The molecule has 0 bridgehead atoms. The number of hydrogen-bond acceptors (Lipinski definition) is 17. The molecule has 3 fully saturated rings. The molecule has 2 aromatic carbocycles. The number of thioether (sulfide) groups is 1. The number of likely N-dealkylation sites (tertiary alicyclic amines) is 1. The highest BCUT2D eigenvalue weighted by molar-refractivity contribution is 8.00. The average Bonchev–Trinajstić information content (AvgIpc) is 4.14. The van der Waals surface area contributed by atoms with Gasteiger partial charge in [0.25, 0.3) is 11.8 Å². The summed E-state index contributed by atoms with van der Waals surface area (Å²) >= 11 is 8.02. The van der Waals surface area contributed by atoms with Gasteiger partial charge in [0.2, 0.25) is 17.7 Å². The highest BCUT2D eigenvalue weighted by atomic mass is 35.5. The molecule has 0 aromatic heterocycles. The Kier molecular flexibility index (Phi) is 35.8. The quantitative estimate of drug-likeness (QED) is 0.0657. The van der Waals surface area contributed by atoms with Gasteiger partial charge in [0.15, 0.2) is 0 Å². The molecule has 3 heterocycles. The molecule has 21 nitrogen and oxygen atoms in total. The van der Waals surface area contributed by atoms with E-state index < -0.39 is 11.9 Å². The number of amides is 5. The van der Waals surface area contributed by atoms with E-state index in [2.05, 4.69) is 21.3 Å². The van der Waals surface area contributed by atoms with Crippen molar-refractivity contribution in [3.05, 3.63) is 70.2 Å². The molecule has 3 saturated heterocycles. The van der Waals surface area contributed by atoms with Crippen LogP contribution in [0.4, 0.5) is 0 Å². The Morgan fingerprint density at radius 3 is 1.54 bits per heavy atom. The second-order valence-electron chi connectivity index (χ2n) is 20.4. The van der Waals surface area contributed by atoms with Crippen LogP contribution in [0.1, 0.15) is 91.0 Å². The fourth-order valence-corrected chi connectivity index (χ4v) is 11.2. The van der Waals surface area contributed by atoms with Crippen LogP contribution in [0.15, 0.2) is 48.5 Å². The zero-order valence-electron chi connectivity index (χ0n) is 48.4. The number of nitrogens with one attached hydrogen (secondary N) is 4. The largest absolute Gasteiger partial charge is 0.377 e. The minimum absolute atomic E-state index is 0.0459. The first-order chi connectivity index (χ1) is 40.1. The Morgan fingerprint density at radius 1 is 0.610 bits per heavy atom. The molecule has 3 aliphatic rings. The fraction of sp³-hybridized carbons (Fsp3) is 0.712. The van der Waals surface area contributed by atoms with Crippen molar-refractivity contribution < 1.29 is 76.1 Å². The Bertz CT molecular complexity index is 2090. The van der Waals surface area contributed by atoms with E-state index in [1.165, 1.54) is 11.6 Å². The molecular weight excluding hydrogens is 1100 g/mol. The van der Waals surface area contributed by atoms with Crippen LogP contribution in [0, 0.1) is 11.8 Å². The number of carbonyl (C=O) groups excluding carboxylic acids is 5. The lowest BCUT2D eigenvalue weighted by molar-refractivity contribution is -0.135. The predicted octanol–water partition coefficient (Wildman–Crippen LogP) is 4.71. The number of carbonyl (C=O) groups is 5. The van der Waals surface area contributed by atoms with Crippen LogP contribution in [0.2, 0.25) is 5.02 Å². The lowest BCUT2D eigenvalue weighted by Crippen LogP contribution is -2.52. The van der Waals surface area contributed by atoms with Gasteiger partial charge < -0.3 is 78.3 Å². The summed E-state index contributed by atoms with van der Waals surface area (Å²) < 4.78 is 60.9. The van der Waals surface area contributed by atoms with Gasteiger partial charge in [0.05, 0.1) is 145 Å². The number of nitrogens with zero attached hydrogens (tertiary/aromatic N) is 1. The van der Waals surface area contributed by atoms with Crippen molar-refractivity contribution >= 4 is 52.9 Å². The Balaban J connectivity index is 0.690. The number of fused-ring (bicyclic) bond motifs is 1. The average molecular weight is 1190 g/mol. The third-order valence-corrected chi connectivity index (χ3v) is 15.8. The third-order valence-electron chi connectivity index (χ3n) is 13.9. The molecule has 0 radical (unpaired) electrons. The van der Waals surface area contributed by atoms with Gasteiger partial charge in [-0.25, -0.2) is 0 Å². The Morgan fingerprint density at radius 2 is 1.06 bits per heavy atom. The molecule has 4 atom stereocenters. The highest BCUT2D eigenvalue weighted by Crippen LogP contribution is 2.39. The van der Waals surface area contributed by atoms with Crippen LogP contribution in [0.25, 0.3) is 0 Å². The van der Waals surface area contributed by atoms with Gasteiger partial charge in [-0.3, -0.25) is 24.0 Å². The molecule has 5 amide bonds. The number of benzene rings is 2. The topological polar surface area (TPSA) is 238 Å². The smallest absolute Gasteiger partial charge is 0.251 e. The fourth-order valence-electron chi connectivity index (χ4n) is 9.43. The maximum atomic E-state index is 13.6. The zero-order valence-corrected chi connectivity index (χ0v) is 50.0. The lowest BCUT2D eigenvalue weighted by atomic mass is 9.89. The van der Waals surface area contributed by atoms with E-state index in [-0.39, 0.29) is 36.1 Å². The van der Waals surface area contributed by atoms with Crippen molar-refractivity contribution in [2.75, 3.05) is 177 Å². The van der Waals surface area contributed by atoms with E-state index in [0.717, 1.165) is 37.9 Å². The summed E-state index contributed by atoms with van der Waals surface area (Å²) in [5, 5.41) is 13.0. The van der Waals surface area contributed by atoms with Crippen molar-refractivity contribution in [2.24, 2.45) is 11.8 Å². The first-order valence-electron chi connectivity index (χ1n) is 29.3. The third kappa shape index (κ3) is 28.7. The van der Waals surface area contributed by atoms with E-state index in [1.54, 1.807) is 18.2 Å². The first-order valence-corrected chi connectivity index (χ1v) is 30.8. The van der Waals surface area contributed by atoms with E-state index in [9.17, 15) is 24.0 Å². The van der Waals surface area contributed by atoms with Crippen LogP contribution in [-0.2, 0) is 66.5 Å². The normalized spacial score (nSPS) is 17.5. The summed E-state index contributed by atoms with van der Waals surface area (Å²) in [6, 6.07) is 14.0. The highest BCUT2D eigenvalue weighted by Gasteiger charge is 2.42. The minimum Gasteiger partial charge on any atom is -0.377 e. The second-order valence-corrected chi connectivity index (χ2v) is 22.2. The summed E-state index contributed by atoms with van der Waals surface area (Å²) in [7, 11) is 0. The maximum Gasteiger partial charge on any atom is 0.251 e. The molecule has 0 saturated carbocycles. The molecule has 0 aliphatic carbocycles. The molecule has 2 aromatic rings. The number of ether oxygens (including phenoxy) is 11. The molecule has 0 spiro atoms. The molecule has 462 valence electrons. The zero-order chi connectivity index (χ0) is 58.2. The van der Waals surface area contributed by atoms with E-state index in [1.807, 2.05) is 54.8 Å². The molecule has 4 N–H and O–H groups in total. The van der Waals surface area contributed by atoms with Crippen molar-refractivity contribution in [3.63, 3.8) is 0 Å². The maximum absolute atomic E-state index is 13.6. The molecule has 82 heavy (non-hydrogen) atoms. The monoisotopic (exact) mass is 1190 g/mol. The van der Waals surface area contributed by atoms with Gasteiger partial charge in [-0.15, -0.1) is 0 Å². The van der Waals surface area contributed by atoms with Gasteiger partial charge in [0, 0.05) is 66.5 Å². The summed E-state index contributed by atoms with van der Waals surface area (Å²) in [6.07, 6.45) is 5.74. The summed E-state index contributed by atoms with van der Waals surface area (Å²) in [6.45, 7) is 15.4. The molecule has 3 aliphatic heterocycles. The SMILES string of the molecule is CC(C)[C@@H](NC(=O)c1cccc(C(=O)NCCOCCOCCOCCOCCOCCOCCOCCOCCOCCOCCOCCNC(=O)CCCC[C@@H]2SC[C@@H]3CC(=O)N[C@@H]32)c1)C(=O)N1CCC(c2ccc(Cl)cc2)CC1. The number of halogens is 1. The van der Waals surface area contributed by atoms with E-state index in [4.69, 9.17) is 63.7 Å². The van der Waals surface area contributed by atoms with Crippen LogP contribution in [-0.4, -0.2) is 229 Å². The minimum atomic E-state index is -0.695. The van der Waals surface area contributed by atoms with Crippen LogP contribution in [0.3, 0.4) is 0 Å². The van der Waals surface area contributed by atoms with Gasteiger partial charge in [-0.05, 0) is 85.1 Å². The number of rotatable bonds is 47. The van der Waals surface area contributed by atoms with Crippen LogP contribution >= 0.6 is 23.4 Å². The molecule has 0 unspecified atom stereocenters. The standard InChI is InChI=1S/C59H92ClN5O16S/c1-45(2)55(59(70)65-18-14-47(15-19-65)46-10-12-51(60)13-11-46)64-58(69)49-7-5-6-48(42-49)57(68)62-17-21-72-23-25-74-27-29-76-31-33-78-35-37-80-39-41-81-40-38-79-36-34-77-32-30-75-28-26-73-24-22-71-20-16-61-53(66)9-4-3-8-52-56-50(44-82-52)43-54(67)63-56/h5-7,10-13,42,45,47,50,52,55-56H,3-4,8-9,14-41,43-44H2,1-2H3,(H,61,66)(H,62,68)(H,63,67)(H,64,69)/t50-,52-,55+,56-/m0/s1. The molecule has 23 heteroatoms. The van der Waals surface area contributed by atoms with Crippen LogP contribution < -0.4 is 21.3 Å². The Labute approximate surface area is 494 Å². The number of unbranched alkanes of at least 4 members (excludes halogenated alkanes) is 1. The van der Waals surface area contributed by atoms with Gasteiger partial charge in [-0.1, -0.05) is 50.1 Å².